The van der Waals surface area contributed by atoms with Crippen LogP contribution in [0.5, 0.6) is 0 Å². The van der Waals surface area contributed by atoms with Crippen LogP contribution in [0.1, 0.15) is 118 Å². The molecule has 0 amide bonds. The van der Waals surface area contributed by atoms with E-state index in [-0.39, 0.29) is 101 Å². The van der Waals surface area contributed by atoms with Gasteiger partial charge in [-0.1, -0.05) is 0 Å². The number of hydrogen-bond acceptors (Lipinski definition) is 28. The molecule has 89 heavy (non-hydrogen) atoms. The Kier molecular flexibility index (Phi) is 30.4. The third-order valence-corrected chi connectivity index (χ3v) is 11.0. The van der Waals surface area contributed by atoms with Crippen LogP contribution in [0.3, 0.4) is 0 Å². The summed E-state index contributed by atoms with van der Waals surface area (Å²) in [6, 6.07) is 0.368. The molecule has 0 atom stereocenters. The smallest absolute Gasteiger partial charge is 0.358 e. The van der Waals surface area contributed by atoms with Crippen molar-refractivity contribution in [3.63, 3.8) is 0 Å². The number of rotatable bonds is 18. The Morgan fingerprint density at radius 1 is 0.528 bits per heavy atom. The van der Waals surface area contributed by atoms with Gasteiger partial charge in [-0.15, -0.1) is 0 Å². The van der Waals surface area contributed by atoms with Crippen LogP contribution in [-0.2, 0) is 57.0 Å². The van der Waals surface area contributed by atoms with E-state index in [9.17, 15) is 47.9 Å². The zero-order valence-electron chi connectivity index (χ0n) is 49.2. The SMILES string of the molecule is CCO/C=C(\C#N)C(=O)OCC.CCOC(=O)C(N)C(=O)OCC.CCOC(=O)c1c[nH]c2c(=O)[nH]cnc12.CCOC(=O)c1c[nH]c2c(Br)ncnc12.CCOC(=O)c1c[nH]c2c(C(=O)O)ncnc12.CCOC(=O)c1c[nH]c2c(C(=O)OC)ncnc12. The van der Waals surface area contributed by atoms with E-state index in [1.54, 1.807) is 67.7 Å². The highest BCUT2D eigenvalue weighted by Gasteiger charge is 2.25. The highest BCUT2D eigenvalue weighted by molar-refractivity contribution is 9.10. The number of methoxy groups -OCH3 is 1. The summed E-state index contributed by atoms with van der Waals surface area (Å²) in [6.45, 7) is 15.8. The van der Waals surface area contributed by atoms with Crippen LogP contribution in [0, 0.1) is 11.3 Å². The van der Waals surface area contributed by atoms with Crippen LogP contribution in [0.25, 0.3) is 44.1 Å². The molecule has 0 aliphatic heterocycles. The lowest BCUT2D eigenvalue weighted by Gasteiger charge is -2.08. The average molecular weight is 1310 g/mol. The van der Waals surface area contributed by atoms with Crippen molar-refractivity contribution in [3.05, 3.63) is 111 Å². The molecule has 0 bridgehead atoms. The number of aromatic carboxylic acids is 1. The molecule has 0 unspecified atom stereocenters. The van der Waals surface area contributed by atoms with Crippen molar-refractivity contribution in [1.82, 2.24) is 59.8 Å². The van der Waals surface area contributed by atoms with Crippen molar-refractivity contribution in [3.8, 4) is 6.07 Å². The molecular formula is C54H61BrN14O20. The molecule has 0 spiro atoms. The molecule has 8 heterocycles. The third kappa shape index (κ3) is 20.3. The second-order valence-corrected chi connectivity index (χ2v) is 16.8. The van der Waals surface area contributed by atoms with E-state index < -0.39 is 53.8 Å². The quantitative estimate of drug-likeness (QED) is 0.0118. The van der Waals surface area contributed by atoms with Crippen LogP contribution in [-0.4, -0.2) is 185 Å². The maximum atomic E-state index is 11.7. The molecule has 34 nitrogen and oxygen atoms in total. The Morgan fingerprint density at radius 3 is 1.31 bits per heavy atom. The molecule has 0 saturated carbocycles. The monoisotopic (exact) mass is 1300 g/mol. The number of halogens is 1. The van der Waals surface area contributed by atoms with Crippen molar-refractivity contribution >= 4 is 114 Å². The fourth-order valence-corrected chi connectivity index (χ4v) is 7.06. The second kappa shape index (κ2) is 37.4. The number of aromatic amines is 5. The van der Waals surface area contributed by atoms with Crippen molar-refractivity contribution in [1.29, 1.82) is 5.26 Å². The Balaban J connectivity index is 0.000000281. The average Bonchev–Trinajstić information content (AvgIpc) is 2.39. The maximum absolute atomic E-state index is 11.7. The fraction of sp³-hybridized carbons (Fsp3) is 0.333. The minimum Gasteiger partial charge on any atom is -0.500 e. The molecule has 0 aliphatic rings. The van der Waals surface area contributed by atoms with Crippen molar-refractivity contribution in [2.75, 3.05) is 60.0 Å². The summed E-state index contributed by atoms with van der Waals surface area (Å²) < 4.78 is 43.0. The molecule has 0 aromatic carbocycles. The molecule has 0 fully saturated rings. The summed E-state index contributed by atoms with van der Waals surface area (Å²) in [5.74, 6) is -5.85. The molecule has 8 rings (SSSR count). The summed E-state index contributed by atoms with van der Waals surface area (Å²) in [6.07, 6.45) is 11.8. The number of nitriles is 1. The number of ether oxygens (including phenoxy) is 9. The Bertz CT molecular complexity index is 3860. The minimum atomic E-state index is -1.31. The minimum absolute atomic E-state index is 0.0815. The number of esters is 8. The van der Waals surface area contributed by atoms with Gasteiger partial charge in [0.1, 0.15) is 85.8 Å². The number of carboxylic acids is 1. The lowest BCUT2D eigenvalue weighted by Crippen LogP contribution is -2.41. The summed E-state index contributed by atoms with van der Waals surface area (Å²) in [5.41, 5.74) is 8.85. The molecule has 8 aromatic rings. The van der Waals surface area contributed by atoms with Gasteiger partial charge in [0.2, 0.25) is 6.04 Å². The number of fused-ring (bicyclic) bond motifs is 4. The number of nitrogens with one attached hydrogen (secondary N) is 5. The van der Waals surface area contributed by atoms with Gasteiger partial charge in [-0.3, -0.25) is 4.79 Å². The van der Waals surface area contributed by atoms with Crippen molar-refractivity contribution in [2.45, 2.75) is 61.4 Å². The first-order valence-corrected chi connectivity index (χ1v) is 27.1. The topological polar surface area (TPSA) is 493 Å². The highest BCUT2D eigenvalue weighted by Crippen LogP contribution is 2.23. The Hall–Kier alpha value is -11.0. The first-order chi connectivity index (χ1) is 42.7. The van der Waals surface area contributed by atoms with E-state index >= 15 is 0 Å². The number of carbonyl (C=O) groups is 9. The van der Waals surface area contributed by atoms with Crippen LogP contribution >= 0.6 is 15.9 Å². The number of H-pyrrole nitrogens is 5. The molecule has 35 heteroatoms. The summed E-state index contributed by atoms with van der Waals surface area (Å²) in [7, 11) is 1.26. The molecule has 8 N–H and O–H groups in total. The predicted octanol–water partition coefficient (Wildman–Crippen LogP) is 4.51. The zero-order chi connectivity index (χ0) is 66.2. The van der Waals surface area contributed by atoms with E-state index in [4.69, 9.17) is 39.8 Å². The fourth-order valence-electron chi connectivity index (χ4n) is 6.67. The highest BCUT2D eigenvalue weighted by atomic mass is 79.9. The third-order valence-electron chi connectivity index (χ3n) is 10.4. The predicted molar refractivity (Wildman–Crippen MR) is 311 cm³/mol. The van der Waals surface area contributed by atoms with Gasteiger partial charge in [0.15, 0.2) is 17.0 Å². The number of aromatic nitrogens is 12. The molecule has 474 valence electrons. The normalized spacial score (nSPS) is 10.3. The van der Waals surface area contributed by atoms with Crippen LogP contribution < -0.4 is 11.3 Å². The van der Waals surface area contributed by atoms with Crippen LogP contribution in [0.2, 0.25) is 0 Å². The van der Waals surface area contributed by atoms with Gasteiger partial charge in [-0.05, 0) is 71.3 Å². The van der Waals surface area contributed by atoms with Gasteiger partial charge in [-0.2, -0.15) is 5.26 Å². The van der Waals surface area contributed by atoms with Gasteiger partial charge in [0.05, 0.1) is 82.8 Å². The number of carbonyl (C=O) groups excluding carboxylic acids is 8. The van der Waals surface area contributed by atoms with Gasteiger partial charge in [0, 0.05) is 24.8 Å². The molecule has 0 saturated heterocycles. The number of hydrogen-bond donors (Lipinski definition) is 7. The second-order valence-electron chi connectivity index (χ2n) is 16.0. The first-order valence-electron chi connectivity index (χ1n) is 26.3. The van der Waals surface area contributed by atoms with Gasteiger partial charge in [-0.25, -0.2) is 78.0 Å². The maximum Gasteiger partial charge on any atom is 0.358 e. The summed E-state index contributed by atoms with van der Waals surface area (Å²) in [5, 5.41) is 17.4. The summed E-state index contributed by atoms with van der Waals surface area (Å²) >= 11 is 3.26. The van der Waals surface area contributed by atoms with Crippen LogP contribution in [0.4, 0.5) is 0 Å². The lowest BCUT2D eigenvalue weighted by molar-refractivity contribution is -0.156. The van der Waals surface area contributed by atoms with E-state index in [0.29, 0.717) is 51.0 Å². The molecule has 0 aliphatic carbocycles. The molecule has 0 radical (unpaired) electrons. The van der Waals surface area contributed by atoms with Gasteiger partial charge < -0.3 is 78.4 Å². The largest absolute Gasteiger partial charge is 0.500 e. The zero-order valence-corrected chi connectivity index (χ0v) is 50.8. The molecule has 8 aromatic heterocycles. The van der Waals surface area contributed by atoms with E-state index in [0.717, 1.165) is 12.6 Å². The van der Waals surface area contributed by atoms with Crippen molar-refractivity contribution in [2.24, 2.45) is 5.73 Å². The Labute approximate surface area is 511 Å². The van der Waals surface area contributed by atoms with E-state index in [2.05, 4.69) is 94.7 Å². The van der Waals surface area contributed by atoms with Crippen molar-refractivity contribution < 1.29 is 90.9 Å². The Morgan fingerprint density at radius 2 is 0.910 bits per heavy atom. The lowest BCUT2D eigenvalue weighted by atomic mass is 10.2. The number of nitrogens with zero attached hydrogens (tertiary/aromatic N) is 8. The summed E-state index contributed by atoms with van der Waals surface area (Å²) in [4.78, 5) is 153. The molecular weight excluding hydrogens is 1240 g/mol. The van der Waals surface area contributed by atoms with Gasteiger partial charge in [0.25, 0.3) is 5.56 Å². The van der Waals surface area contributed by atoms with E-state index in [1.807, 2.05) is 0 Å². The number of carboxylic acid groups (broad SMARTS) is 1. The number of nitrogens with two attached hydrogens (primary N) is 1. The first kappa shape index (κ1) is 72.2. The standard InChI is InChI=1S/C11H11N3O4.C10H9N3O4.C9H8BrN3O2.C9H9N3O3.C8H11NO3.C7H13NO4/c1-3-18-10(15)6-4-12-8-7(6)13-5-14-9(8)11(16)17-2;1-2-17-10(16)5-3-11-7-6(5)12-4-13-8(7)9(14)15;1-2-15-9(14)5-3-11-7-6(5)12-4-13-8(7)10;1-2-15-9(14)5-3-10-7-6(5)11-4-12-8(7)13;1-3-11-6-7(5-9)8(10)12-4-2;1-3-11-6(9)5(8)7(10)12-4-2/h4-5,12H,3H2,1-2H3;3-4,11H,2H2,1H3,(H,14,15);3-4,11H,2H2,1H3;3-4,10H,2H2,1H3,(H,11,12,13);6H,3-4H2,1-2H3;5H,3-4,8H2,1-2H3/b;;;;7-6+;. The van der Waals surface area contributed by atoms with Crippen LogP contribution in [0.15, 0.2) is 71.3 Å². The van der Waals surface area contributed by atoms with Gasteiger partial charge >= 0.3 is 53.7 Å². The van der Waals surface area contributed by atoms with E-state index in [1.165, 1.54) is 44.7 Å².